The van der Waals surface area contributed by atoms with Crippen molar-refractivity contribution in [1.29, 1.82) is 0 Å². The van der Waals surface area contributed by atoms with E-state index in [9.17, 15) is 0 Å². The number of ether oxygens (including phenoxy) is 1. The van der Waals surface area contributed by atoms with Crippen molar-refractivity contribution in [2.24, 2.45) is 0 Å². The third kappa shape index (κ3) is 2.53. The summed E-state index contributed by atoms with van der Waals surface area (Å²) in [6, 6.07) is 2.20. The molecule has 1 saturated heterocycles. The van der Waals surface area contributed by atoms with Crippen molar-refractivity contribution in [3.8, 4) is 0 Å². The summed E-state index contributed by atoms with van der Waals surface area (Å²) >= 11 is 0. The maximum absolute atomic E-state index is 5.30. The summed E-state index contributed by atoms with van der Waals surface area (Å²) in [5.41, 5.74) is 2.53. The molecule has 0 atom stereocenters. The number of rotatable bonds is 2. The lowest BCUT2D eigenvalue weighted by molar-refractivity contribution is 0.0341. The van der Waals surface area contributed by atoms with Crippen molar-refractivity contribution in [3.63, 3.8) is 0 Å². The molecule has 0 unspecified atom stereocenters. The highest BCUT2D eigenvalue weighted by Crippen LogP contribution is 2.07. The topological polar surface area (TPSA) is 25.4 Å². The van der Waals surface area contributed by atoms with E-state index in [-0.39, 0.29) is 0 Å². The molecule has 1 aliphatic rings. The average Bonchev–Trinajstić information content (AvgIpc) is 2.19. The molecule has 0 aliphatic carbocycles. The summed E-state index contributed by atoms with van der Waals surface area (Å²) in [5.74, 6) is 0. The third-order valence-electron chi connectivity index (χ3n) is 2.44. The molecular weight excluding hydrogens is 176 g/mol. The largest absolute Gasteiger partial charge is 0.379 e. The lowest BCUT2D eigenvalue weighted by Gasteiger charge is -2.26. The predicted octanol–water partition coefficient (Wildman–Crippen LogP) is 1.22. The molecule has 1 aliphatic heterocycles. The van der Waals surface area contributed by atoms with Crippen molar-refractivity contribution in [2.75, 3.05) is 26.3 Å². The molecule has 3 nitrogen and oxygen atoms in total. The van der Waals surface area contributed by atoms with Gasteiger partial charge in [-0.1, -0.05) is 6.07 Å². The van der Waals surface area contributed by atoms with Gasteiger partial charge in [-0.15, -0.1) is 0 Å². The van der Waals surface area contributed by atoms with Crippen LogP contribution in [0.1, 0.15) is 11.1 Å². The van der Waals surface area contributed by atoms with Gasteiger partial charge in [0.15, 0.2) is 0 Å². The standard InChI is InChI=1S/C11H16N2O/c1-10-6-11(8-12-7-10)9-13-2-4-14-5-3-13/h6-8H,2-5,9H2,1H3. The number of nitrogens with zero attached hydrogens (tertiary/aromatic N) is 2. The fraction of sp³-hybridized carbons (Fsp3) is 0.545. The highest BCUT2D eigenvalue weighted by molar-refractivity contribution is 5.16. The van der Waals surface area contributed by atoms with Gasteiger partial charge in [0.05, 0.1) is 13.2 Å². The first kappa shape index (κ1) is 9.62. The van der Waals surface area contributed by atoms with Crippen molar-refractivity contribution in [1.82, 2.24) is 9.88 Å². The van der Waals surface area contributed by atoms with Crippen molar-refractivity contribution in [3.05, 3.63) is 29.6 Å². The van der Waals surface area contributed by atoms with Crippen LogP contribution in [0.4, 0.5) is 0 Å². The minimum Gasteiger partial charge on any atom is -0.379 e. The van der Waals surface area contributed by atoms with Crippen LogP contribution in [0.3, 0.4) is 0 Å². The van der Waals surface area contributed by atoms with Gasteiger partial charge in [-0.25, -0.2) is 0 Å². The second kappa shape index (κ2) is 4.53. The van der Waals surface area contributed by atoms with E-state index in [1.807, 2.05) is 12.4 Å². The Morgan fingerprint density at radius 1 is 1.36 bits per heavy atom. The Hall–Kier alpha value is -0.930. The molecule has 0 bridgehead atoms. The minimum absolute atomic E-state index is 0.860. The molecule has 2 rings (SSSR count). The lowest BCUT2D eigenvalue weighted by atomic mass is 10.2. The second-order valence-corrected chi connectivity index (χ2v) is 3.76. The fourth-order valence-corrected chi connectivity index (χ4v) is 1.72. The monoisotopic (exact) mass is 192 g/mol. The van der Waals surface area contributed by atoms with Crippen LogP contribution in [-0.2, 0) is 11.3 Å². The molecular formula is C11H16N2O. The van der Waals surface area contributed by atoms with Crippen LogP contribution in [-0.4, -0.2) is 36.2 Å². The van der Waals surface area contributed by atoms with E-state index in [0.717, 1.165) is 32.8 Å². The Kier molecular flexibility index (Phi) is 3.11. The van der Waals surface area contributed by atoms with Gasteiger partial charge >= 0.3 is 0 Å². The maximum Gasteiger partial charge on any atom is 0.0594 e. The minimum atomic E-state index is 0.860. The summed E-state index contributed by atoms with van der Waals surface area (Å²) in [6.45, 7) is 6.87. The summed E-state index contributed by atoms with van der Waals surface area (Å²) < 4.78 is 5.30. The zero-order chi connectivity index (χ0) is 9.80. The molecule has 0 N–H and O–H groups in total. The van der Waals surface area contributed by atoms with Crippen molar-refractivity contribution in [2.45, 2.75) is 13.5 Å². The number of pyridine rings is 1. The molecule has 0 amide bonds. The fourth-order valence-electron chi connectivity index (χ4n) is 1.72. The Morgan fingerprint density at radius 3 is 2.86 bits per heavy atom. The molecule has 0 aromatic carbocycles. The quantitative estimate of drug-likeness (QED) is 0.704. The highest BCUT2D eigenvalue weighted by Gasteiger charge is 2.10. The number of hydrogen-bond acceptors (Lipinski definition) is 3. The van der Waals surface area contributed by atoms with Gasteiger partial charge in [0.25, 0.3) is 0 Å². The molecule has 1 aromatic rings. The van der Waals surface area contributed by atoms with Crippen LogP contribution >= 0.6 is 0 Å². The van der Waals surface area contributed by atoms with Gasteiger partial charge < -0.3 is 4.74 Å². The Morgan fingerprint density at radius 2 is 2.14 bits per heavy atom. The van der Waals surface area contributed by atoms with Crippen LogP contribution in [0.5, 0.6) is 0 Å². The Labute approximate surface area is 84.7 Å². The summed E-state index contributed by atoms with van der Waals surface area (Å²) in [7, 11) is 0. The normalized spacial score (nSPS) is 18.4. The van der Waals surface area contributed by atoms with Gasteiger partial charge in [-0.2, -0.15) is 0 Å². The smallest absolute Gasteiger partial charge is 0.0594 e. The van der Waals surface area contributed by atoms with Crippen molar-refractivity contribution >= 4 is 0 Å². The molecule has 0 radical (unpaired) electrons. The zero-order valence-corrected chi connectivity index (χ0v) is 8.57. The molecule has 1 aromatic heterocycles. The SMILES string of the molecule is Cc1cncc(CN2CCOCC2)c1. The molecule has 2 heterocycles. The summed E-state index contributed by atoms with van der Waals surface area (Å²) in [5, 5.41) is 0. The molecule has 3 heteroatoms. The summed E-state index contributed by atoms with van der Waals surface area (Å²) in [4.78, 5) is 6.59. The molecule has 14 heavy (non-hydrogen) atoms. The lowest BCUT2D eigenvalue weighted by Crippen LogP contribution is -2.35. The van der Waals surface area contributed by atoms with Gasteiger partial charge in [-0.05, 0) is 18.1 Å². The van der Waals surface area contributed by atoms with E-state index in [1.54, 1.807) is 0 Å². The van der Waals surface area contributed by atoms with Gasteiger partial charge in [0.1, 0.15) is 0 Å². The Balaban J connectivity index is 1.95. The maximum atomic E-state index is 5.30. The van der Waals surface area contributed by atoms with Crippen LogP contribution in [0.2, 0.25) is 0 Å². The van der Waals surface area contributed by atoms with Crippen LogP contribution in [0, 0.1) is 6.92 Å². The van der Waals surface area contributed by atoms with Gasteiger partial charge in [0, 0.05) is 32.0 Å². The number of hydrogen-bond donors (Lipinski definition) is 0. The Bertz CT molecular complexity index is 295. The number of aryl methyl sites for hydroxylation is 1. The molecule has 1 fully saturated rings. The van der Waals surface area contributed by atoms with Crippen LogP contribution in [0.25, 0.3) is 0 Å². The van der Waals surface area contributed by atoms with E-state index >= 15 is 0 Å². The first-order valence-electron chi connectivity index (χ1n) is 5.05. The third-order valence-corrected chi connectivity index (χ3v) is 2.44. The van der Waals surface area contributed by atoms with E-state index in [0.29, 0.717) is 0 Å². The average molecular weight is 192 g/mol. The summed E-state index contributed by atoms with van der Waals surface area (Å²) in [6.07, 6.45) is 3.84. The van der Waals surface area contributed by atoms with Gasteiger partial charge in [0.2, 0.25) is 0 Å². The highest BCUT2D eigenvalue weighted by atomic mass is 16.5. The predicted molar refractivity (Wildman–Crippen MR) is 55.1 cm³/mol. The van der Waals surface area contributed by atoms with E-state index in [1.165, 1.54) is 11.1 Å². The van der Waals surface area contributed by atoms with E-state index in [4.69, 9.17) is 4.74 Å². The number of morpholine rings is 1. The first-order valence-corrected chi connectivity index (χ1v) is 5.05. The number of aromatic nitrogens is 1. The first-order chi connectivity index (χ1) is 6.84. The van der Waals surface area contributed by atoms with Crippen LogP contribution in [0.15, 0.2) is 18.5 Å². The van der Waals surface area contributed by atoms with Gasteiger partial charge in [-0.3, -0.25) is 9.88 Å². The molecule has 76 valence electrons. The van der Waals surface area contributed by atoms with E-state index in [2.05, 4.69) is 22.9 Å². The second-order valence-electron chi connectivity index (χ2n) is 3.76. The molecule has 0 saturated carbocycles. The van der Waals surface area contributed by atoms with Crippen LogP contribution < -0.4 is 0 Å². The molecule has 0 spiro atoms. The van der Waals surface area contributed by atoms with Crippen molar-refractivity contribution < 1.29 is 4.74 Å². The zero-order valence-electron chi connectivity index (χ0n) is 8.57. The van der Waals surface area contributed by atoms with E-state index < -0.39 is 0 Å².